The van der Waals surface area contributed by atoms with Crippen molar-refractivity contribution in [2.45, 2.75) is 32.9 Å². The summed E-state index contributed by atoms with van der Waals surface area (Å²) in [7, 11) is 3.73. The van der Waals surface area contributed by atoms with Gasteiger partial charge in [-0.15, -0.1) is 0 Å². The van der Waals surface area contributed by atoms with Crippen LogP contribution in [0.3, 0.4) is 0 Å². The second kappa shape index (κ2) is 8.57. The lowest BCUT2D eigenvalue weighted by Crippen LogP contribution is -2.29. The molecule has 4 heteroatoms. The fourth-order valence-electron chi connectivity index (χ4n) is 1.90. The van der Waals surface area contributed by atoms with E-state index >= 15 is 0 Å². The molecule has 0 spiro atoms. The van der Waals surface area contributed by atoms with E-state index in [4.69, 9.17) is 10.00 Å². The number of hydrogen-bond acceptors (Lipinski definition) is 4. The van der Waals surface area contributed by atoms with Gasteiger partial charge in [0.05, 0.1) is 12.7 Å². The Labute approximate surface area is 122 Å². The van der Waals surface area contributed by atoms with Gasteiger partial charge in [0.2, 0.25) is 0 Å². The number of methoxy groups -OCH3 is 1. The zero-order chi connectivity index (χ0) is 15.0. The van der Waals surface area contributed by atoms with Crippen LogP contribution in [-0.2, 0) is 6.54 Å². The quantitative estimate of drug-likeness (QED) is 0.740. The highest BCUT2D eigenvalue weighted by molar-refractivity contribution is 5.45. The normalized spacial score (nSPS) is 10.8. The van der Waals surface area contributed by atoms with Crippen molar-refractivity contribution in [1.29, 1.82) is 5.26 Å². The Kier molecular flexibility index (Phi) is 7.06. The van der Waals surface area contributed by atoms with Gasteiger partial charge in [-0.1, -0.05) is 6.07 Å². The molecule has 1 aromatic carbocycles. The predicted molar refractivity (Wildman–Crippen MR) is 81.8 cm³/mol. The van der Waals surface area contributed by atoms with Crippen LogP contribution in [0.25, 0.3) is 0 Å². The molecule has 0 aromatic heterocycles. The van der Waals surface area contributed by atoms with Gasteiger partial charge in [0.25, 0.3) is 0 Å². The molecule has 4 nitrogen and oxygen atoms in total. The molecular weight excluding hydrogens is 250 g/mol. The van der Waals surface area contributed by atoms with Gasteiger partial charge in [-0.25, -0.2) is 0 Å². The SMILES string of the molecule is COc1ccc(CNCCCN(C)C(C)C)cc1C#N. The Morgan fingerprint density at radius 2 is 2.15 bits per heavy atom. The Morgan fingerprint density at radius 3 is 2.75 bits per heavy atom. The summed E-state index contributed by atoms with van der Waals surface area (Å²) >= 11 is 0. The first kappa shape index (κ1) is 16.5. The minimum absolute atomic E-state index is 0.589. The maximum absolute atomic E-state index is 9.04. The van der Waals surface area contributed by atoms with E-state index in [0.29, 0.717) is 17.4 Å². The average Bonchev–Trinajstić information content (AvgIpc) is 2.46. The molecule has 0 atom stereocenters. The molecule has 0 saturated heterocycles. The zero-order valence-electron chi connectivity index (χ0n) is 12.9. The van der Waals surface area contributed by atoms with Gasteiger partial charge in [0, 0.05) is 12.6 Å². The molecule has 0 saturated carbocycles. The van der Waals surface area contributed by atoms with Gasteiger partial charge in [0.15, 0.2) is 0 Å². The number of benzene rings is 1. The van der Waals surface area contributed by atoms with Crippen LogP contribution in [0.5, 0.6) is 5.75 Å². The first-order valence-electron chi connectivity index (χ1n) is 7.06. The summed E-state index contributed by atoms with van der Waals surface area (Å²) in [6.45, 7) is 7.26. The van der Waals surface area contributed by atoms with Gasteiger partial charge in [0.1, 0.15) is 11.8 Å². The van der Waals surface area contributed by atoms with Crippen LogP contribution < -0.4 is 10.1 Å². The lowest BCUT2D eigenvalue weighted by atomic mass is 10.1. The maximum atomic E-state index is 9.04. The largest absolute Gasteiger partial charge is 0.495 e. The molecule has 0 amide bonds. The standard InChI is InChI=1S/C16H25N3O/c1-13(2)19(3)9-5-8-18-12-14-6-7-16(20-4)15(10-14)11-17/h6-7,10,13,18H,5,8-9,12H2,1-4H3. The summed E-state index contributed by atoms with van der Waals surface area (Å²) in [4.78, 5) is 2.34. The zero-order valence-corrected chi connectivity index (χ0v) is 12.9. The van der Waals surface area contributed by atoms with E-state index in [1.165, 1.54) is 0 Å². The Balaban J connectivity index is 2.34. The number of nitriles is 1. The van der Waals surface area contributed by atoms with Gasteiger partial charge in [-0.3, -0.25) is 0 Å². The molecule has 0 heterocycles. The van der Waals surface area contributed by atoms with Crippen molar-refractivity contribution in [2.75, 3.05) is 27.2 Å². The van der Waals surface area contributed by atoms with Gasteiger partial charge in [-0.05, 0) is 58.1 Å². The molecule has 0 aliphatic carbocycles. The van der Waals surface area contributed by atoms with Crippen molar-refractivity contribution in [3.05, 3.63) is 29.3 Å². The highest BCUT2D eigenvalue weighted by Gasteiger charge is 2.04. The molecule has 1 aromatic rings. The van der Waals surface area contributed by atoms with Gasteiger partial charge >= 0.3 is 0 Å². The highest BCUT2D eigenvalue weighted by atomic mass is 16.5. The third-order valence-corrected chi connectivity index (χ3v) is 3.46. The highest BCUT2D eigenvalue weighted by Crippen LogP contribution is 2.18. The van der Waals surface area contributed by atoms with E-state index in [9.17, 15) is 0 Å². The van der Waals surface area contributed by atoms with Crippen molar-refractivity contribution in [1.82, 2.24) is 10.2 Å². The predicted octanol–water partition coefficient (Wildman–Crippen LogP) is 2.39. The fourth-order valence-corrected chi connectivity index (χ4v) is 1.90. The molecule has 1 rings (SSSR count). The van der Waals surface area contributed by atoms with Crippen molar-refractivity contribution in [3.8, 4) is 11.8 Å². The number of nitrogens with one attached hydrogen (secondary N) is 1. The minimum Gasteiger partial charge on any atom is -0.495 e. The van der Waals surface area contributed by atoms with Crippen LogP contribution in [0, 0.1) is 11.3 Å². The third-order valence-electron chi connectivity index (χ3n) is 3.46. The van der Waals surface area contributed by atoms with Crippen molar-refractivity contribution in [3.63, 3.8) is 0 Å². The molecule has 0 bridgehead atoms. The van der Waals surface area contributed by atoms with Crippen LogP contribution in [-0.4, -0.2) is 38.2 Å². The van der Waals surface area contributed by atoms with E-state index in [0.717, 1.165) is 31.6 Å². The number of rotatable bonds is 8. The van der Waals surface area contributed by atoms with Crippen LogP contribution >= 0.6 is 0 Å². The number of nitrogens with zero attached hydrogens (tertiary/aromatic N) is 2. The average molecular weight is 275 g/mol. The summed E-state index contributed by atoms with van der Waals surface area (Å²) in [5, 5.41) is 12.4. The van der Waals surface area contributed by atoms with Crippen LogP contribution in [0.15, 0.2) is 18.2 Å². The van der Waals surface area contributed by atoms with E-state index < -0.39 is 0 Å². The van der Waals surface area contributed by atoms with E-state index in [1.807, 2.05) is 18.2 Å². The van der Waals surface area contributed by atoms with Crippen molar-refractivity contribution >= 4 is 0 Å². The molecule has 110 valence electrons. The summed E-state index contributed by atoms with van der Waals surface area (Å²) in [5.74, 6) is 0.634. The Morgan fingerprint density at radius 1 is 1.40 bits per heavy atom. The van der Waals surface area contributed by atoms with Gasteiger partial charge < -0.3 is 15.0 Å². The van der Waals surface area contributed by atoms with Crippen molar-refractivity contribution < 1.29 is 4.74 Å². The Bertz CT molecular complexity index is 452. The first-order valence-corrected chi connectivity index (χ1v) is 7.06. The minimum atomic E-state index is 0.589. The monoisotopic (exact) mass is 275 g/mol. The molecule has 20 heavy (non-hydrogen) atoms. The molecule has 0 fully saturated rings. The summed E-state index contributed by atoms with van der Waals surface area (Å²) in [5.41, 5.74) is 1.70. The smallest absolute Gasteiger partial charge is 0.136 e. The second-order valence-corrected chi connectivity index (χ2v) is 5.25. The first-order chi connectivity index (χ1) is 9.58. The molecule has 0 unspecified atom stereocenters. The van der Waals surface area contributed by atoms with Crippen molar-refractivity contribution in [2.24, 2.45) is 0 Å². The van der Waals surface area contributed by atoms with Crippen LogP contribution in [0.1, 0.15) is 31.4 Å². The topological polar surface area (TPSA) is 48.3 Å². The van der Waals surface area contributed by atoms with E-state index in [1.54, 1.807) is 7.11 Å². The summed E-state index contributed by atoms with van der Waals surface area (Å²) in [6, 6.07) is 8.47. The van der Waals surface area contributed by atoms with E-state index in [-0.39, 0.29) is 0 Å². The molecular formula is C16H25N3O. The maximum Gasteiger partial charge on any atom is 0.136 e. The fraction of sp³-hybridized carbons (Fsp3) is 0.562. The molecule has 0 aliphatic rings. The summed E-state index contributed by atoms with van der Waals surface area (Å²) < 4.78 is 5.13. The van der Waals surface area contributed by atoms with Gasteiger partial charge in [-0.2, -0.15) is 5.26 Å². The Hall–Kier alpha value is -1.57. The third kappa shape index (κ3) is 5.20. The second-order valence-electron chi connectivity index (χ2n) is 5.25. The number of hydrogen-bond donors (Lipinski definition) is 1. The summed E-state index contributed by atoms with van der Waals surface area (Å²) in [6.07, 6.45) is 1.12. The van der Waals surface area contributed by atoms with E-state index in [2.05, 4.69) is 37.2 Å². The van der Waals surface area contributed by atoms with Crippen LogP contribution in [0.4, 0.5) is 0 Å². The number of ether oxygens (including phenoxy) is 1. The molecule has 0 aliphatic heterocycles. The lowest BCUT2D eigenvalue weighted by molar-refractivity contribution is 0.269. The molecule has 0 radical (unpaired) electrons. The lowest BCUT2D eigenvalue weighted by Gasteiger charge is -2.20. The van der Waals surface area contributed by atoms with Crippen LogP contribution in [0.2, 0.25) is 0 Å². The molecule has 1 N–H and O–H groups in total.